The summed E-state index contributed by atoms with van der Waals surface area (Å²) in [7, 11) is 0. The minimum absolute atomic E-state index is 0.309. The quantitative estimate of drug-likeness (QED) is 0.579. The summed E-state index contributed by atoms with van der Waals surface area (Å²) in [5.41, 5.74) is -0.804. The van der Waals surface area contributed by atoms with Crippen molar-refractivity contribution in [1.82, 2.24) is 5.32 Å². The first-order valence-electron chi connectivity index (χ1n) is 4.80. The maximum absolute atomic E-state index is 10.5. The van der Waals surface area contributed by atoms with Crippen LogP contribution in [-0.2, 0) is 9.53 Å². The fraction of sp³-hybridized carbons (Fsp3) is 0.889. The van der Waals surface area contributed by atoms with Gasteiger partial charge in [-0.15, -0.1) is 0 Å². The normalized spacial score (nSPS) is 23.0. The van der Waals surface area contributed by atoms with Crippen LogP contribution in [0.3, 0.4) is 0 Å². The molecule has 1 fully saturated rings. The molecule has 0 spiro atoms. The standard InChI is InChI=1S/C9H17NO4/c1-7(8(11)12)10-6-9(13)2-4-14-5-3-9/h7,10,13H,2-6H2,1H3,(H,11,12). The molecule has 1 heterocycles. The van der Waals surface area contributed by atoms with E-state index in [2.05, 4.69) is 5.32 Å². The van der Waals surface area contributed by atoms with Crippen LogP contribution in [0.2, 0.25) is 0 Å². The van der Waals surface area contributed by atoms with Gasteiger partial charge in [0.05, 0.1) is 5.60 Å². The maximum atomic E-state index is 10.5. The van der Waals surface area contributed by atoms with Gasteiger partial charge in [-0.3, -0.25) is 4.79 Å². The first kappa shape index (κ1) is 11.4. The Morgan fingerprint density at radius 2 is 2.14 bits per heavy atom. The average Bonchev–Trinajstić information content (AvgIpc) is 2.15. The summed E-state index contributed by atoms with van der Waals surface area (Å²) in [4.78, 5) is 10.5. The van der Waals surface area contributed by atoms with Crippen molar-refractivity contribution in [1.29, 1.82) is 0 Å². The molecule has 0 bridgehead atoms. The highest BCUT2D eigenvalue weighted by atomic mass is 16.5. The number of ether oxygens (including phenoxy) is 1. The van der Waals surface area contributed by atoms with Crippen molar-refractivity contribution in [3.05, 3.63) is 0 Å². The molecule has 1 aliphatic rings. The number of hydrogen-bond acceptors (Lipinski definition) is 4. The average molecular weight is 203 g/mol. The van der Waals surface area contributed by atoms with Crippen LogP contribution < -0.4 is 5.32 Å². The van der Waals surface area contributed by atoms with E-state index >= 15 is 0 Å². The molecular formula is C9H17NO4. The topological polar surface area (TPSA) is 78.8 Å². The van der Waals surface area contributed by atoms with Gasteiger partial charge in [-0.25, -0.2) is 0 Å². The lowest BCUT2D eigenvalue weighted by Crippen LogP contribution is -2.48. The number of hydrogen-bond donors (Lipinski definition) is 3. The van der Waals surface area contributed by atoms with E-state index in [1.165, 1.54) is 0 Å². The fourth-order valence-corrected chi connectivity index (χ4v) is 1.36. The van der Waals surface area contributed by atoms with Crippen LogP contribution in [0.1, 0.15) is 19.8 Å². The van der Waals surface area contributed by atoms with E-state index in [-0.39, 0.29) is 0 Å². The molecule has 1 saturated heterocycles. The Morgan fingerprint density at radius 3 is 2.64 bits per heavy atom. The Morgan fingerprint density at radius 1 is 1.57 bits per heavy atom. The zero-order valence-corrected chi connectivity index (χ0v) is 8.32. The van der Waals surface area contributed by atoms with Gasteiger partial charge in [0.1, 0.15) is 6.04 Å². The predicted octanol–water partition coefficient (Wildman–Crippen LogP) is -0.409. The summed E-state index contributed by atoms with van der Waals surface area (Å²) in [5.74, 6) is -0.902. The molecule has 5 nitrogen and oxygen atoms in total. The molecule has 1 rings (SSSR count). The van der Waals surface area contributed by atoms with Crippen LogP contribution in [0.15, 0.2) is 0 Å². The number of carboxylic acids is 1. The summed E-state index contributed by atoms with van der Waals surface area (Å²) in [5, 5.41) is 21.4. The smallest absolute Gasteiger partial charge is 0.320 e. The second-order valence-corrected chi connectivity index (χ2v) is 3.78. The Labute approximate surface area is 83.1 Å². The maximum Gasteiger partial charge on any atom is 0.320 e. The van der Waals surface area contributed by atoms with Gasteiger partial charge in [0.25, 0.3) is 0 Å². The lowest BCUT2D eigenvalue weighted by atomic mass is 9.94. The highest BCUT2D eigenvalue weighted by molar-refractivity contribution is 5.72. The van der Waals surface area contributed by atoms with Gasteiger partial charge in [-0.1, -0.05) is 0 Å². The van der Waals surface area contributed by atoms with Crippen LogP contribution in [0.4, 0.5) is 0 Å². The molecule has 0 amide bonds. The third-order valence-corrected chi connectivity index (χ3v) is 2.53. The number of aliphatic carboxylic acids is 1. The van der Waals surface area contributed by atoms with Crippen LogP contribution in [0, 0.1) is 0 Å². The summed E-state index contributed by atoms with van der Waals surface area (Å²) in [6.45, 7) is 2.95. The first-order valence-corrected chi connectivity index (χ1v) is 4.80. The van der Waals surface area contributed by atoms with E-state index in [1.807, 2.05) is 0 Å². The molecule has 0 aliphatic carbocycles. The van der Waals surface area contributed by atoms with Crippen LogP contribution in [0.25, 0.3) is 0 Å². The number of carboxylic acid groups (broad SMARTS) is 1. The molecule has 0 aromatic heterocycles. The SMILES string of the molecule is CC(NCC1(O)CCOCC1)C(=O)O. The summed E-state index contributed by atoms with van der Waals surface area (Å²) in [6.07, 6.45) is 1.12. The Bertz CT molecular complexity index is 201. The van der Waals surface area contributed by atoms with Crippen molar-refractivity contribution in [2.24, 2.45) is 0 Å². The molecule has 0 aromatic rings. The molecule has 82 valence electrons. The highest BCUT2D eigenvalue weighted by Gasteiger charge is 2.30. The van der Waals surface area contributed by atoms with E-state index in [1.54, 1.807) is 6.92 Å². The van der Waals surface area contributed by atoms with Crippen LogP contribution in [-0.4, -0.2) is 47.6 Å². The van der Waals surface area contributed by atoms with E-state index in [0.29, 0.717) is 32.6 Å². The minimum Gasteiger partial charge on any atom is -0.480 e. The van der Waals surface area contributed by atoms with Gasteiger partial charge in [-0.05, 0) is 6.92 Å². The van der Waals surface area contributed by atoms with Crippen molar-refractivity contribution in [3.63, 3.8) is 0 Å². The molecule has 1 unspecified atom stereocenters. The highest BCUT2D eigenvalue weighted by Crippen LogP contribution is 2.19. The van der Waals surface area contributed by atoms with Gasteiger partial charge >= 0.3 is 5.97 Å². The van der Waals surface area contributed by atoms with Gasteiger partial charge in [-0.2, -0.15) is 0 Å². The van der Waals surface area contributed by atoms with E-state index < -0.39 is 17.6 Å². The first-order chi connectivity index (χ1) is 6.53. The van der Waals surface area contributed by atoms with Crippen molar-refractivity contribution in [2.45, 2.75) is 31.4 Å². The second-order valence-electron chi connectivity index (χ2n) is 3.78. The third kappa shape index (κ3) is 3.25. The van der Waals surface area contributed by atoms with Crippen molar-refractivity contribution >= 4 is 5.97 Å². The van der Waals surface area contributed by atoms with Crippen molar-refractivity contribution < 1.29 is 19.7 Å². The second kappa shape index (κ2) is 4.72. The number of aliphatic hydroxyl groups is 1. The van der Waals surface area contributed by atoms with Crippen molar-refractivity contribution in [2.75, 3.05) is 19.8 Å². The minimum atomic E-state index is -0.902. The van der Waals surface area contributed by atoms with Crippen LogP contribution in [0.5, 0.6) is 0 Å². The van der Waals surface area contributed by atoms with E-state index in [9.17, 15) is 9.90 Å². The predicted molar refractivity (Wildman–Crippen MR) is 50.1 cm³/mol. The lowest BCUT2D eigenvalue weighted by molar-refractivity contribution is -0.139. The molecule has 14 heavy (non-hydrogen) atoms. The molecule has 0 radical (unpaired) electrons. The van der Waals surface area contributed by atoms with Crippen molar-refractivity contribution in [3.8, 4) is 0 Å². The molecule has 0 saturated carbocycles. The Kier molecular flexibility index (Phi) is 3.86. The van der Waals surface area contributed by atoms with Crippen LogP contribution >= 0.6 is 0 Å². The zero-order valence-electron chi connectivity index (χ0n) is 8.32. The summed E-state index contributed by atoms with van der Waals surface area (Å²) < 4.78 is 5.12. The summed E-state index contributed by atoms with van der Waals surface area (Å²) in [6, 6.07) is -0.623. The van der Waals surface area contributed by atoms with Gasteiger partial charge in [0, 0.05) is 32.6 Å². The van der Waals surface area contributed by atoms with E-state index in [4.69, 9.17) is 9.84 Å². The fourth-order valence-electron chi connectivity index (χ4n) is 1.36. The number of rotatable bonds is 4. The van der Waals surface area contributed by atoms with Gasteiger partial charge in [0.15, 0.2) is 0 Å². The Hall–Kier alpha value is -0.650. The number of nitrogens with one attached hydrogen (secondary N) is 1. The lowest BCUT2D eigenvalue weighted by Gasteiger charge is -2.32. The van der Waals surface area contributed by atoms with Gasteiger partial charge in [0.2, 0.25) is 0 Å². The molecule has 1 atom stereocenters. The van der Waals surface area contributed by atoms with E-state index in [0.717, 1.165) is 0 Å². The molecule has 3 N–H and O–H groups in total. The zero-order chi connectivity index (χ0) is 10.6. The largest absolute Gasteiger partial charge is 0.480 e. The van der Waals surface area contributed by atoms with Gasteiger partial charge < -0.3 is 20.3 Å². The molecule has 5 heteroatoms. The molecule has 1 aliphatic heterocycles. The number of carbonyl (C=O) groups is 1. The molecule has 0 aromatic carbocycles. The summed E-state index contributed by atoms with van der Waals surface area (Å²) >= 11 is 0. The monoisotopic (exact) mass is 203 g/mol. The Balaban J connectivity index is 2.31. The molecular weight excluding hydrogens is 186 g/mol. The third-order valence-electron chi connectivity index (χ3n) is 2.53.